The Bertz CT molecular complexity index is 520. The van der Waals surface area contributed by atoms with Crippen molar-refractivity contribution in [3.05, 3.63) is 42.1 Å². The molecule has 4 heteroatoms. The molecule has 0 aromatic heterocycles. The van der Waals surface area contributed by atoms with Crippen molar-refractivity contribution < 1.29 is 4.79 Å². The van der Waals surface area contributed by atoms with Gasteiger partial charge >= 0.3 is 6.03 Å². The highest BCUT2D eigenvalue weighted by Gasteiger charge is 2.22. The van der Waals surface area contributed by atoms with Crippen LogP contribution in [0.25, 0.3) is 0 Å². The van der Waals surface area contributed by atoms with Crippen molar-refractivity contribution in [1.29, 1.82) is 0 Å². The standard InChI is InChI=1S/C16H21N3O/c1-12-7-10-19(16(20)18-12)15-4-2-3-14(11-15)13-5-8-17-9-6-13/h2-4,11,13,17H,1,5-10H2,(H,18,20). The van der Waals surface area contributed by atoms with Crippen LogP contribution in [0.2, 0.25) is 0 Å². The van der Waals surface area contributed by atoms with Crippen molar-refractivity contribution in [3.8, 4) is 0 Å². The maximum absolute atomic E-state index is 12.0. The first-order valence-corrected chi connectivity index (χ1v) is 7.31. The van der Waals surface area contributed by atoms with Crippen LogP contribution >= 0.6 is 0 Å². The van der Waals surface area contributed by atoms with Gasteiger partial charge in [-0.3, -0.25) is 4.90 Å². The summed E-state index contributed by atoms with van der Waals surface area (Å²) in [6.45, 7) is 6.69. The van der Waals surface area contributed by atoms with Gasteiger partial charge in [-0.25, -0.2) is 4.79 Å². The number of hydrogen-bond donors (Lipinski definition) is 2. The molecule has 3 rings (SSSR count). The second kappa shape index (κ2) is 5.67. The van der Waals surface area contributed by atoms with Gasteiger partial charge in [0.05, 0.1) is 0 Å². The van der Waals surface area contributed by atoms with Crippen molar-refractivity contribution in [2.24, 2.45) is 0 Å². The third-order valence-corrected chi connectivity index (χ3v) is 4.16. The van der Waals surface area contributed by atoms with Crippen molar-refractivity contribution >= 4 is 11.7 Å². The molecule has 2 fully saturated rings. The number of carbonyl (C=O) groups is 1. The van der Waals surface area contributed by atoms with Gasteiger partial charge in [0, 0.05) is 24.4 Å². The fraction of sp³-hybridized carbons (Fsp3) is 0.438. The Kier molecular flexibility index (Phi) is 3.74. The van der Waals surface area contributed by atoms with Crippen molar-refractivity contribution in [3.63, 3.8) is 0 Å². The first kappa shape index (κ1) is 13.2. The van der Waals surface area contributed by atoms with Crippen LogP contribution in [0.3, 0.4) is 0 Å². The number of piperidine rings is 1. The fourth-order valence-electron chi connectivity index (χ4n) is 2.98. The van der Waals surface area contributed by atoms with E-state index >= 15 is 0 Å². The largest absolute Gasteiger partial charge is 0.326 e. The molecule has 20 heavy (non-hydrogen) atoms. The lowest BCUT2D eigenvalue weighted by Gasteiger charge is -2.30. The molecule has 2 aliphatic rings. The number of rotatable bonds is 2. The normalized spacial score (nSPS) is 20.9. The molecule has 0 bridgehead atoms. The zero-order valence-electron chi connectivity index (χ0n) is 11.7. The minimum absolute atomic E-state index is 0.0660. The van der Waals surface area contributed by atoms with Gasteiger partial charge in [-0.2, -0.15) is 0 Å². The van der Waals surface area contributed by atoms with Gasteiger partial charge in [-0.1, -0.05) is 18.7 Å². The van der Waals surface area contributed by atoms with Crippen molar-refractivity contribution in [2.45, 2.75) is 25.2 Å². The molecule has 106 valence electrons. The number of anilines is 1. The third-order valence-electron chi connectivity index (χ3n) is 4.16. The molecule has 0 aliphatic carbocycles. The lowest BCUT2D eigenvalue weighted by atomic mass is 9.90. The first-order valence-electron chi connectivity index (χ1n) is 7.31. The summed E-state index contributed by atoms with van der Waals surface area (Å²) in [6, 6.07) is 8.36. The molecular formula is C16H21N3O. The average Bonchev–Trinajstić information content (AvgIpc) is 2.48. The number of benzene rings is 1. The highest BCUT2D eigenvalue weighted by molar-refractivity contribution is 5.94. The summed E-state index contributed by atoms with van der Waals surface area (Å²) in [4.78, 5) is 13.8. The highest BCUT2D eigenvalue weighted by atomic mass is 16.2. The average molecular weight is 271 g/mol. The van der Waals surface area contributed by atoms with Crippen LogP contribution < -0.4 is 15.5 Å². The quantitative estimate of drug-likeness (QED) is 0.868. The third kappa shape index (κ3) is 2.70. The summed E-state index contributed by atoms with van der Waals surface area (Å²) in [5.74, 6) is 0.610. The molecule has 4 nitrogen and oxygen atoms in total. The molecule has 0 unspecified atom stereocenters. The number of amides is 2. The second-order valence-electron chi connectivity index (χ2n) is 5.55. The molecule has 2 aliphatic heterocycles. The summed E-state index contributed by atoms with van der Waals surface area (Å²) in [7, 11) is 0. The SMILES string of the molecule is C=C1CCN(c2cccc(C3CCNCC3)c2)C(=O)N1. The van der Waals surface area contributed by atoms with Crippen molar-refractivity contribution in [2.75, 3.05) is 24.5 Å². The van der Waals surface area contributed by atoms with Gasteiger partial charge < -0.3 is 10.6 Å². The molecule has 2 saturated heterocycles. The molecule has 2 heterocycles. The molecule has 1 aromatic rings. The van der Waals surface area contributed by atoms with E-state index in [-0.39, 0.29) is 6.03 Å². The van der Waals surface area contributed by atoms with Crippen LogP contribution in [0.15, 0.2) is 36.5 Å². The van der Waals surface area contributed by atoms with Gasteiger partial charge in [0.1, 0.15) is 0 Å². The van der Waals surface area contributed by atoms with Crippen LogP contribution in [-0.2, 0) is 0 Å². The summed E-state index contributed by atoms with van der Waals surface area (Å²) >= 11 is 0. The van der Waals surface area contributed by atoms with Gasteiger partial charge in [0.15, 0.2) is 0 Å². The van der Waals surface area contributed by atoms with Crippen LogP contribution in [0.5, 0.6) is 0 Å². The van der Waals surface area contributed by atoms with E-state index in [2.05, 4.69) is 35.4 Å². The molecule has 0 spiro atoms. The Morgan fingerprint density at radius 2 is 2.05 bits per heavy atom. The number of hydrogen-bond acceptors (Lipinski definition) is 2. The topological polar surface area (TPSA) is 44.4 Å². The Balaban J connectivity index is 1.80. The maximum Gasteiger partial charge on any atom is 0.326 e. The lowest BCUT2D eigenvalue weighted by Crippen LogP contribution is -2.45. The summed E-state index contributed by atoms with van der Waals surface area (Å²) < 4.78 is 0. The first-order chi connectivity index (χ1) is 9.74. The van der Waals surface area contributed by atoms with Gasteiger partial charge in [0.25, 0.3) is 0 Å². The van der Waals surface area contributed by atoms with E-state index in [9.17, 15) is 4.79 Å². The Morgan fingerprint density at radius 3 is 2.80 bits per heavy atom. The summed E-state index contributed by atoms with van der Waals surface area (Å²) in [6.07, 6.45) is 3.15. The smallest absolute Gasteiger partial charge is 0.317 e. The number of carbonyl (C=O) groups excluding carboxylic acids is 1. The van der Waals surface area contributed by atoms with E-state index in [0.717, 1.165) is 30.9 Å². The minimum Gasteiger partial charge on any atom is -0.317 e. The Labute approximate surface area is 119 Å². The predicted molar refractivity (Wildman–Crippen MR) is 80.9 cm³/mol. The minimum atomic E-state index is -0.0660. The molecular weight excluding hydrogens is 250 g/mol. The molecule has 0 radical (unpaired) electrons. The van der Waals surface area contributed by atoms with Crippen LogP contribution in [0, 0.1) is 0 Å². The van der Waals surface area contributed by atoms with Gasteiger partial charge in [-0.15, -0.1) is 0 Å². The zero-order valence-corrected chi connectivity index (χ0v) is 11.7. The van der Waals surface area contributed by atoms with E-state index in [1.54, 1.807) is 4.90 Å². The monoisotopic (exact) mass is 271 g/mol. The van der Waals surface area contributed by atoms with Gasteiger partial charge in [-0.05, 0) is 49.5 Å². The predicted octanol–water partition coefficient (Wildman–Crippen LogP) is 2.59. The second-order valence-corrected chi connectivity index (χ2v) is 5.55. The molecule has 0 saturated carbocycles. The van der Waals surface area contributed by atoms with E-state index in [0.29, 0.717) is 12.5 Å². The molecule has 0 atom stereocenters. The van der Waals surface area contributed by atoms with E-state index < -0.39 is 0 Å². The summed E-state index contributed by atoms with van der Waals surface area (Å²) in [5.41, 5.74) is 3.15. The maximum atomic E-state index is 12.0. The fourth-order valence-corrected chi connectivity index (χ4v) is 2.98. The highest BCUT2D eigenvalue weighted by Crippen LogP contribution is 2.29. The lowest BCUT2D eigenvalue weighted by molar-refractivity contribution is 0.246. The summed E-state index contributed by atoms with van der Waals surface area (Å²) in [5, 5.41) is 6.20. The van der Waals surface area contributed by atoms with Crippen molar-refractivity contribution in [1.82, 2.24) is 10.6 Å². The number of urea groups is 1. The Hall–Kier alpha value is -1.81. The van der Waals surface area contributed by atoms with Gasteiger partial charge in [0.2, 0.25) is 0 Å². The van der Waals surface area contributed by atoms with E-state index in [4.69, 9.17) is 0 Å². The van der Waals surface area contributed by atoms with Crippen LogP contribution in [0.1, 0.15) is 30.7 Å². The number of nitrogens with one attached hydrogen (secondary N) is 2. The zero-order chi connectivity index (χ0) is 13.9. The molecule has 2 N–H and O–H groups in total. The van der Waals surface area contributed by atoms with Crippen LogP contribution in [0.4, 0.5) is 10.5 Å². The Morgan fingerprint density at radius 1 is 1.25 bits per heavy atom. The van der Waals surface area contributed by atoms with E-state index in [1.165, 1.54) is 18.4 Å². The number of nitrogens with zero attached hydrogens (tertiary/aromatic N) is 1. The van der Waals surface area contributed by atoms with Crippen LogP contribution in [-0.4, -0.2) is 25.7 Å². The molecule has 1 aromatic carbocycles. The van der Waals surface area contributed by atoms with E-state index in [1.807, 2.05) is 6.07 Å². The molecule has 2 amide bonds.